The van der Waals surface area contributed by atoms with Crippen molar-refractivity contribution in [1.82, 2.24) is 10.3 Å². The number of hydrazine groups is 1. The van der Waals surface area contributed by atoms with Crippen molar-refractivity contribution in [2.45, 2.75) is 75.8 Å². The molecule has 0 aromatic rings. The monoisotopic (exact) mass is 253 g/mol. The Hall–Kier alpha value is -0.120. The summed E-state index contributed by atoms with van der Waals surface area (Å²) in [4.78, 5) is 2.46. The molecule has 2 saturated carbocycles. The van der Waals surface area contributed by atoms with Crippen molar-refractivity contribution in [1.29, 1.82) is 0 Å². The second-order valence-corrected chi connectivity index (χ2v) is 6.60. The van der Waals surface area contributed by atoms with Gasteiger partial charge in [-0.25, -0.2) is 0 Å². The van der Waals surface area contributed by atoms with E-state index in [1.54, 1.807) is 0 Å². The zero-order valence-electron chi connectivity index (χ0n) is 12.3. The van der Waals surface area contributed by atoms with E-state index in [-0.39, 0.29) is 0 Å². The first-order chi connectivity index (χ1) is 8.70. The van der Waals surface area contributed by atoms with E-state index in [1.807, 2.05) is 0 Å². The van der Waals surface area contributed by atoms with Gasteiger partial charge < -0.3 is 4.90 Å². The summed E-state index contributed by atoms with van der Waals surface area (Å²) in [6.45, 7) is 0. The topological polar surface area (TPSA) is 41.3 Å². The quantitative estimate of drug-likeness (QED) is 0.598. The molecule has 1 atom stereocenters. The highest BCUT2D eigenvalue weighted by molar-refractivity contribution is 5.02. The predicted molar refractivity (Wildman–Crippen MR) is 77.2 cm³/mol. The maximum atomic E-state index is 5.98. The van der Waals surface area contributed by atoms with Crippen molar-refractivity contribution >= 4 is 0 Å². The Labute approximate surface area is 112 Å². The first kappa shape index (κ1) is 14.3. The third kappa shape index (κ3) is 2.73. The van der Waals surface area contributed by atoms with E-state index < -0.39 is 0 Å². The maximum absolute atomic E-state index is 5.98. The first-order valence-corrected chi connectivity index (χ1v) is 7.84. The van der Waals surface area contributed by atoms with Gasteiger partial charge in [-0.2, -0.15) is 0 Å². The average Bonchev–Trinajstić information content (AvgIpc) is 2.41. The predicted octanol–water partition coefficient (Wildman–Crippen LogP) is 2.66. The van der Waals surface area contributed by atoms with Gasteiger partial charge in [0.2, 0.25) is 0 Å². The Morgan fingerprint density at radius 1 is 1.00 bits per heavy atom. The van der Waals surface area contributed by atoms with Gasteiger partial charge in [-0.3, -0.25) is 11.3 Å². The fourth-order valence-electron chi connectivity index (χ4n) is 4.40. The molecule has 0 heterocycles. The minimum atomic E-state index is 0.301. The van der Waals surface area contributed by atoms with Crippen LogP contribution < -0.4 is 11.3 Å². The number of nitrogens with two attached hydrogens (primary N) is 1. The molecule has 2 aliphatic carbocycles. The van der Waals surface area contributed by atoms with Crippen molar-refractivity contribution in [3.05, 3.63) is 0 Å². The summed E-state index contributed by atoms with van der Waals surface area (Å²) in [5, 5.41) is 0. The van der Waals surface area contributed by atoms with Crippen LogP contribution in [0.2, 0.25) is 0 Å². The number of nitrogens with one attached hydrogen (secondary N) is 1. The Morgan fingerprint density at radius 3 is 2.06 bits per heavy atom. The normalized spacial score (nSPS) is 27.3. The standard InChI is InChI=1S/C15H31N3/c1-18(2)15(11-7-4-8-12-15)14(17-16)13-9-5-3-6-10-13/h13-14,17H,3-12,16H2,1-2H3. The van der Waals surface area contributed by atoms with Crippen LogP contribution in [-0.4, -0.2) is 30.6 Å². The molecule has 2 rings (SSSR count). The molecule has 2 aliphatic rings. The molecule has 3 N–H and O–H groups in total. The Morgan fingerprint density at radius 2 is 1.56 bits per heavy atom. The number of likely N-dealkylation sites (N-methyl/N-ethyl adjacent to an activating group) is 1. The third-order valence-corrected chi connectivity index (χ3v) is 5.49. The molecule has 18 heavy (non-hydrogen) atoms. The molecule has 106 valence electrons. The van der Waals surface area contributed by atoms with Gasteiger partial charge in [0.15, 0.2) is 0 Å². The van der Waals surface area contributed by atoms with Crippen molar-refractivity contribution in [3.63, 3.8) is 0 Å². The lowest BCUT2D eigenvalue weighted by atomic mass is 9.68. The van der Waals surface area contributed by atoms with Gasteiger partial charge in [0.25, 0.3) is 0 Å². The minimum Gasteiger partial charge on any atom is -0.302 e. The van der Waals surface area contributed by atoms with Crippen molar-refractivity contribution in [3.8, 4) is 0 Å². The molecule has 0 aromatic heterocycles. The molecule has 0 aliphatic heterocycles. The zero-order valence-corrected chi connectivity index (χ0v) is 12.3. The molecule has 0 amide bonds. The third-order valence-electron chi connectivity index (χ3n) is 5.49. The lowest BCUT2D eigenvalue weighted by Gasteiger charge is -2.51. The number of hydrogen-bond donors (Lipinski definition) is 2. The van der Waals surface area contributed by atoms with Gasteiger partial charge in [0.1, 0.15) is 0 Å². The SMILES string of the molecule is CN(C)C1(C(NN)C2CCCCC2)CCCCC1. The molecule has 1 unspecified atom stereocenters. The van der Waals surface area contributed by atoms with Gasteiger partial charge in [0, 0.05) is 11.6 Å². The zero-order chi connectivity index (χ0) is 13.0. The number of rotatable bonds is 4. The largest absolute Gasteiger partial charge is 0.302 e. The van der Waals surface area contributed by atoms with Crippen molar-refractivity contribution in [2.24, 2.45) is 11.8 Å². The van der Waals surface area contributed by atoms with Crippen LogP contribution in [0, 0.1) is 5.92 Å². The smallest absolute Gasteiger partial charge is 0.0422 e. The van der Waals surface area contributed by atoms with Crippen LogP contribution in [0.25, 0.3) is 0 Å². The second kappa shape index (κ2) is 6.36. The molecule has 0 aromatic carbocycles. The Balaban J connectivity index is 2.15. The molecule has 0 bridgehead atoms. The van der Waals surface area contributed by atoms with Gasteiger partial charge >= 0.3 is 0 Å². The highest BCUT2D eigenvalue weighted by Gasteiger charge is 2.44. The summed E-state index contributed by atoms with van der Waals surface area (Å²) in [6, 6.07) is 0.480. The van der Waals surface area contributed by atoms with E-state index in [1.165, 1.54) is 64.2 Å². The molecule has 2 fully saturated rings. The summed E-state index contributed by atoms with van der Waals surface area (Å²) < 4.78 is 0. The van der Waals surface area contributed by atoms with Crippen LogP contribution in [0.1, 0.15) is 64.2 Å². The fraction of sp³-hybridized carbons (Fsp3) is 1.00. The molecule has 0 saturated heterocycles. The van der Waals surface area contributed by atoms with E-state index >= 15 is 0 Å². The summed E-state index contributed by atoms with van der Waals surface area (Å²) in [5.74, 6) is 6.76. The number of hydrogen-bond acceptors (Lipinski definition) is 3. The highest BCUT2D eigenvalue weighted by Crippen LogP contribution is 2.40. The van der Waals surface area contributed by atoms with Crippen LogP contribution in [0.4, 0.5) is 0 Å². The van der Waals surface area contributed by atoms with Crippen LogP contribution >= 0.6 is 0 Å². The summed E-state index contributed by atoms with van der Waals surface area (Å²) in [6.07, 6.45) is 13.7. The Bertz CT molecular complexity index is 240. The summed E-state index contributed by atoms with van der Waals surface area (Å²) >= 11 is 0. The van der Waals surface area contributed by atoms with Crippen LogP contribution in [0.3, 0.4) is 0 Å². The molecule has 0 radical (unpaired) electrons. The van der Waals surface area contributed by atoms with E-state index in [9.17, 15) is 0 Å². The summed E-state index contributed by atoms with van der Waals surface area (Å²) in [7, 11) is 4.50. The van der Waals surface area contributed by atoms with E-state index in [4.69, 9.17) is 5.84 Å². The molecule has 3 nitrogen and oxygen atoms in total. The van der Waals surface area contributed by atoms with Crippen LogP contribution in [-0.2, 0) is 0 Å². The van der Waals surface area contributed by atoms with E-state index in [2.05, 4.69) is 24.4 Å². The lowest BCUT2D eigenvalue weighted by molar-refractivity contribution is 0.0238. The van der Waals surface area contributed by atoms with E-state index in [0.717, 1.165) is 5.92 Å². The van der Waals surface area contributed by atoms with Gasteiger partial charge in [-0.1, -0.05) is 38.5 Å². The van der Waals surface area contributed by atoms with Crippen LogP contribution in [0.5, 0.6) is 0 Å². The van der Waals surface area contributed by atoms with Gasteiger partial charge in [-0.15, -0.1) is 0 Å². The van der Waals surface area contributed by atoms with Crippen molar-refractivity contribution < 1.29 is 0 Å². The summed E-state index contributed by atoms with van der Waals surface area (Å²) in [5.41, 5.74) is 3.52. The van der Waals surface area contributed by atoms with Crippen LogP contribution in [0.15, 0.2) is 0 Å². The first-order valence-electron chi connectivity index (χ1n) is 7.84. The molecular formula is C15H31N3. The molecular weight excluding hydrogens is 222 g/mol. The number of nitrogens with zero attached hydrogens (tertiary/aromatic N) is 1. The lowest BCUT2D eigenvalue weighted by Crippen LogP contribution is -2.64. The van der Waals surface area contributed by atoms with Gasteiger partial charge in [0.05, 0.1) is 0 Å². The molecule has 0 spiro atoms. The maximum Gasteiger partial charge on any atom is 0.0422 e. The minimum absolute atomic E-state index is 0.301. The van der Waals surface area contributed by atoms with E-state index in [0.29, 0.717) is 11.6 Å². The van der Waals surface area contributed by atoms with Gasteiger partial charge in [-0.05, 0) is 45.7 Å². The second-order valence-electron chi connectivity index (χ2n) is 6.60. The average molecular weight is 253 g/mol. The highest BCUT2D eigenvalue weighted by atomic mass is 15.3. The molecule has 3 heteroatoms. The fourth-order valence-corrected chi connectivity index (χ4v) is 4.40. The Kier molecular flexibility index (Phi) is 5.05. The van der Waals surface area contributed by atoms with Crippen molar-refractivity contribution in [2.75, 3.05) is 14.1 Å².